The van der Waals surface area contributed by atoms with E-state index in [0.717, 1.165) is 10.8 Å². The quantitative estimate of drug-likeness (QED) is 0.635. The minimum absolute atomic E-state index is 0.262. The summed E-state index contributed by atoms with van der Waals surface area (Å²) in [6.45, 7) is -0.507. The van der Waals surface area contributed by atoms with Gasteiger partial charge in [0.05, 0.1) is 0 Å². The Balaban J connectivity index is 2.84. The van der Waals surface area contributed by atoms with Crippen molar-refractivity contribution < 1.29 is 9.50 Å². The zero-order chi connectivity index (χ0) is 9.26. The molecule has 0 fully saturated rings. The zero-order valence-corrected chi connectivity index (χ0v) is 6.96. The first-order valence-electron chi connectivity index (χ1n) is 4.07. The Morgan fingerprint density at radius 2 is 1.85 bits per heavy atom. The van der Waals surface area contributed by atoms with Crippen LogP contribution in [0.4, 0.5) is 4.39 Å². The van der Waals surface area contributed by atoms with Gasteiger partial charge in [-0.3, -0.25) is 0 Å². The summed E-state index contributed by atoms with van der Waals surface area (Å²) >= 11 is 0. The fourth-order valence-corrected chi connectivity index (χ4v) is 1.46. The molecule has 65 valence electrons. The van der Waals surface area contributed by atoms with Crippen LogP contribution in [0.15, 0.2) is 36.4 Å². The number of hydrogen-bond donors (Lipinski definition) is 0. The monoisotopic (exact) mass is 175 g/mol. The van der Waals surface area contributed by atoms with Crippen molar-refractivity contribution in [1.82, 2.24) is 0 Å². The van der Waals surface area contributed by atoms with Gasteiger partial charge in [-0.1, -0.05) is 30.3 Å². The molecule has 2 aromatic rings. The molecule has 0 atom stereocenters. The van der Waals surface area contributed by atoms with Crippen molar-refractivity contribution in [1.29, 1.82) is 0 Å². The lowest BCUT2D eigenvalue weighted by Gasteiger charge is -2.03. The van der Waals surface area contributed by atoms with Crippen molar-refractivity contribution in [2.45, 2.75) is 6.61 Å². The number of halogens is 1. The average Bonchev–Trinajstić information content (AvgIpc) is 2.18. The summed E-state index contributed by atoms with van der Waals surface area (Å²) in [6.07, 6.45) is 0. The van der Waals surface area contributed by atoms with Crippen LogP contribution in [0.2, 0.25) is 0 Å². The lowest BCUT2D eigenvalue weighted by Crippen LogP contribution is -1.90. The van der Waals surface area contributed by atoms with Crippen molar-refractivity contribution in [3.05, 3.63) is 47.8 Å². The molecular formula is C11H8FO. The maximum absolute atomic E-state index is 13.1. The molecule has 1 radical (unpaired) electrons. The van der Waals surface area contributed by atoms with E-state index < -0.39 is 12.4 Å². The molecule has 0 amide bonds. The number of benzene rings is 2. The molecule has 0 aliphatic heterocycles. The first kappa shape index (κ1) is 8.20. The van der Waals surface area contributed by atoms with E-state index in [1.807, 2.05) is 12.1 Å². The third kappa shape index (κ3) is 1.29. The van der Waals surface area contributed by atoms with Gasteiger partial charge in [0, 0.05) is 5.56 Å². The Hall–Kier alpha value is -1.41. The molecule has 0 aromatic heterocycles. The maximum atomic E-state index is 13.1. The summed E-state index contributed by atoms with van der Waals surface area (Å²) in [7, 11) is 0. The van der Waals surface area contributed by atoms with E-state index in [9.17, 15) is 9.50 Å². The lowest BCUT2D eigenvalue weighted by molar-refractivity contribution is 0.175. The summed E-state index contributed by atoms with van der Waals surface area (Å²) in [6, 6.07) is 10.3. The zero-order valence-electron chi connectivity index (χ0n) is 6.96. The molecule has 0 N–H and O–H groups in total. The summed E-state index contributed by atoms with van der Waals surface area (Å²) in [4.78, 5) is 0. The molecule has 0 saturated carbocycles. The molecule has 0 unspecified atom stereocenters. The molecule has 0 saturated heterocycles. The molecule has 2 rings (SSSR count). The molecule has 1 nitrogen and oxygen atoms in total. The van der Waals surface area contributed by atoms with Gasteiger partial charge in [-0.05, 0) is 16.8 Å². The van der Waals surface area contributed by atoms with Crippen molar-refractivity contribution >= 4 is 10.8 Å². The molecule has 0 spiro atoms. The number of fused-ring (bicyclic) bond motifs is 1. The maximum Gasteiger partial charge on any atom is 0.129 e. The van der Waals surface area contributed by atoms with E-state index in [0.29, 0.717) is 0 Å². The van der Waals surface area contributed by atoms with Crippen molar-refractivity contribution in [2.24, 2.45) is 0 Å². The number of rotatable bonds is 1. The van der Waals surface area contributed by atoms with E-state index >= 15 is 0 Å². The Kier molecular flexibility index (Phi) is 1.99. The summed E-state index contributed by atoms with van der Waals surface area (Å²) in [5.41, 5.74) is 0.262. The summed E-state index contributed by atoms with van der Waals surface area (Å²) in [5, 5.41) is 12.4. The highest BCUT2D eigenvalue weighted by molar-refractivity contribution is 5.85. The third-order valence-electron chi connectivity index (χ3n) is 2.13. The van der Waals surface area contributed by atoms with Crippen molar-refractivity contribution in [2.75, 3.05) is 0 Å². The van der Waals surface area contributed by atoms with Crippen LogP contribution in [-0.2, 0) is 11.7 Å². The second-order valence-electron chi connectivity index (χ2n) is 2.89. The molecule has 2 aromatic carbocycles. The van der Waals surface area contributed by atoms with E-state index in [4.69, 9.17) is 0 Å². The molecular weight excluding hydrogens is 167 g/mol. The van der Waals surface area contributed by atoms with Crippen molar-refractivity contribution in [3.63, 3.8) is 0 Å². The van der Waals surface area contributed by atoms with E-state index in [2.05, 4.69) is 0 Å². The molecule has 0 aliphatic rings. The van der Waals surface area contributed by atoms with Crippen LogP contribution in [0.1, 0.15) is 5.56 Å². The Morgan fingerprint density at radius 1 is 1.08 bits per heavy atom. The topological polar surface area (TPSA) is 19.9 Å². The third-order valence-corrected chi connectivity index (χ3v) is 2.13. The minimum atomic E-state index is -0.507. The van der Waals surface area contributed by atoms with Gasteiger partial charge >= 0.3 is 0 Å². The van der Waals surface area contributed by atoms with Crippen LogP contribution < -0.4 is 0 Å². The predicted molar refractivity (Wildman–Crippen MR) is 48.3 cm³/mol. The van der Waals surface area contributed by atoms with Crippen LogP contribution in [0.5, 0.6) is 0 Å². The van der Waals surface area contributed by atoms with Gasteiger partial charge in [-0.25, -0.2) is 9.50 Å². The van der Waals surface area contributed by atoms with Gasteiger partial charge in [0.1, 0.15) is 12.4 Å². The van der Waals surface area contributed by atoms with Gasteiger partial charge in [0.2, 0.25) is 0 Å². The second kappa shape index (κ2) is 3.15. The van der Waals surface area contributed by atoms with Crippen molar-refractivity contribution in [3.8, 4) is 0 Å². The van der Waals surface area contributed by atoms with Crippen LogP contribution in [0.25, 0.3) is 10.8 Å². The van der Waals surface area contributed by atoms with Gasteiger partial charge in [0.15, 0.2) is 0 Å². The van der Waals surface area contributed by atoms with E-state index in [1.54, 1.807) is 18.2 Å². The van der Waals surface area contributed by atoms with Gasteiger partial charge in [-0.15, -0.1) is 0 Å². The highest BCUT2D eigenvalue weighted by atomic mass is 19.1. The van der Waals surface area contributed by atoms with Gasteiger partial charge in [-0.2, -0.15) is 0 Å². The van der Waals surface area contributed by atoms with E-state index in [-0.39, 0.29) is 5.56 Å². The highest BCUT2D eigenvalue weighted by Crippen LogP contribution is 2.21. The molecule has 0 aliphatic carbocycles. The highest BCUT2D eigenvalue weighted by Gasteiger charge is 2.05. The number of hydrogen-bond acceptors (Lipinski definition) is 0. The fraction of sp³-hybridized carbons (Fsp3) is 0.0909. The van der Waals surface area contributed by atoms with Crippen LogP contribution in [0.3, 0.4) is 0 Å². The van der Waals surface area contributed by atoms with E-state index in [1.165, 1.54) is 6.07 Å². The van der Waals surface area contributed by atoms with Crippen LogP contribution >= 0.6 is 0 Å². The first-order valence-corrected chi connectivity index (χ1v) is 4.07. The Morgan fingerprint density at radius 3 is 2.62 bits per heavy atom. The lowest BCUT2D eigenvalue weighted by atomic mass is 10.0. The smallest absolute Gasteiger partial charge is 0.129 e. The largest absolute Gasteiger partial charge is 0.231 e. The average molecular weight is 175 g/mol. The normalized spacial score (nSPS) is 10.6. The first-order chi connectivity index (χ1) is 6.33. The Bertz CT molecular complexity index is 437. The SMILES string of the molecule is [O]Cc1c(F)ccc2ccccc12. The summed E-state index contributed by atoms with van der Waals surface area (Å²) in [5.74, 6) is -0.409. The molecule has 0 heterocycles. The van der Waals surface area contributed by atoms with Crippen LogP contribution in [-0.4, -0.2) is 0 Å². The standard InChI is InChI=1S/C11H8FO/c12-11-6-5-8-3-1-2-4-9(8)10(11)7-13/h1-6H,7H2. The second-order valence-corrected chi connectivity index (χ2v) is 2.89. The Labute approximate surface area is 75.4 Å². The van der Waals surface area contributed by atoms with Gasteiger partial charge < -0.3 is 0 Å². The summed E-state index contributed by atoms with van der Waals surface area (Å²) < 4.78 is 13.1. The van der Waals surface area contributed by atoms with Crippen LogP contribution in [0, 0.1) is 5.82 Å². The molecule has 13 heavy (non-hydrogen) atoms. The fourth-order valence-electron chi connectivity index (χ4n) is 1.46. The van der Waals surface area contributed by atoms with Gasteiger partial charge in [0.25, 0.3) is 0 Å². The predicted octanol–water partition coefficient (Wildman–Crippen LogP) is 2.91. The molecule has 2 heteroatoms. The minimum Gasteiger partial charge on any atom is -0.231 e. The molecule has 0 bridgehead atoms.